The van der Waals surface area contributed by atoms with Gasteiger partial charge >= 0.3 is 0 Å². The molecule has 1 aromatic carbocycles. The summed E-state index contributed by atoms with van der Waals surface area (Å²) in [4.78, 5) is 15.1. The van der Waals surface area contributed by atoms with Gasteiger partial charge in [-0.25, -0.2) is 0 Å². The molecule has 1 aliphatic heterocycles. The fourth-order valence-corrected chi connectivity index (χ4v) is 9.41. The van der Waals surface area contributed by atoms with Gasteiger partial charge in [-0.2, -0.15) is 0 Å². The highest BCUT2D eigenvalue weighted by atomic mass is 16.5. The van der Waals surface area contributed by atoms with E-state index in [1.165, 1.54) is 63.6 Å². The summed E-state index contributed by atoms with van der Waals surface area (Å²) in [7, 11) is 0. The monoisotopic (exact) mass is 508 g/mol. The Hall–Kier alpha value is -1.23. The Labute approximate surface area is 224 Å². The van der Waals surface area contributed by atoms with E-state index in [9.17, 15) is 4.79 Å². The Morgan fingerprint density at radius 2 is 1.89 bits per heavy atom. The SMILES string of the molecule is CCCCOC1CCCC2CC3[NH+](CC4CC4)CC[C@@]4(CC(=O)CC[C@@]34OCCCc3ccccc3)C21. The molecule has 4 saturated carbocycles. The molecule has 2 bridgehead atoms. The molecule has 0 amide bonds. The van der Waals surface area contributed by atoms with Crippen LogP contribution in [-0.4, -0.2) is 49.8 Å². The van der Waals surface area contributed by atoms with Gasteiger partial charge in [-0.05, 0) is 68.8 Å². The highest BCUT2D eigenvalue weighted by Crippen LogP contribution is 2.64. The molecule has 4 aliphatic carbocycles. The van der Waals surface area contributed by atoms with Crippen LogP contribution in [0.4, 0.5) is 0 Å². The number of hydrogen-bond acceptors (Lipinski definition) is 3. The summed E-state index contributed by atoms with van der Waals surface area (Å²) in [5.74, 6) is 2.62. The van der Waals surface area contributed by atoms with Gasteiger partial charge in [0.2, 0.25) is 0 Å². The van der Waals surface area contributed by atoms with Crippen molar-refractivity contribution in [2.45, 2.75) is 115 Å². The van der Waals surface area contributed by atoms with E-state index in [2.05, 4.69) is 37.3 Å². The van der Waals surface area contributed by atoms with Crippen LogP contribution in [0.1, 0.15) is 96.0 Å². The number of carbonyl (C=O) groups excluding carboxylic acids is 1. The molecule has 1 N–H and O–H groups in total. The van der Waals surface area contributed by atoms with Crippen LogP contribution in [0.25, 0.3) is 0 Å². The number of ether oxygens (including phenoxy) is 2. The molecule has 0 aromatic heterocycles. The number of aryl methyl sites for hydroxylation is 1. The van der Waals surface area contributed by atoms with Gasteiger partial charge in [0, 0.05) is 50.2 Å². The van der Waals surface area contributed by atoms with Gasteiger partial charge in [-0.1, -0.05) is 50.1 Å². The summed E-state index contributed by atoms with van der Waals surface area (Å²) in [6.45, 7) is 6.51. The third-order valence-electron chi connectivity index (χ3n) is 11.1. The summed E-state index contributed by atoms with van der Waals surface area (Å²) < 4.78 is 14.0. The molecule has 5 unspecified atom stereocenters. The summed E-state index contributed by atoms with van der Waals surface area (Å²) in [6.07, 6.45) is 16.2. The van der Waals surface area contributed by atoms with Gasteiger partial charge in [-0.15, -0.1) is 0 Å². The van der Waals surface area contributed by atoms with Gasteiger partial charge in [0.05, 0.1) is 19.2 Å². The Balaban J connectivity index is 1.30. The first kappa shape index (κ1) is 26.0. The Morgan fingerprint density at radius 1 is 1.03 bits per heavy atom. The fourth-order valence-electron chi connectivity index (χ4n) is 9.41. The lowest BCUT2D eigenvalue weighted by atomic mass is 9.42. The van der Waals surface area contributed by atoms with Crippen LogP contribution in [0, 0.1) is 23.2 Å². The minimum atomic E-state index is -0.148. The second-order valence-corrected chi connectivity index (χ2v) is 13.3. The van der Waals surface area contributed by atoms with Crippen molar-refractivity contribution < 1.29 is 19.2 Å². The van der Waals surface area contributed by atoms with E-state index < -0.39 is 0 Å². The van der Waals surface area contributed by atoms with Crippen molar-refractivity contribution in [3.8, 4) is 0 Å². The molecule has 4 nitrogen and oxygen atoms in total. The molecule has 1 saturated heterocycles. The number of rotatable bonds is 11. The molecule has 37 heavy (non-hydrogen) atoms. The first-order valence-corrected chi connectivity index (χ1v) is 15.8. The van der Waals surface area contributed by atoms with Crippen LogP contribution in [0.5, 0.6) is 0 Å². The first-order valence-electron chi connectivity index (χ1n) is 15.8. The molecular formula is C33H50NO3+. The lowest BCUT2D eigenvalue weighted by molar-refractivity contribution is -0.948. The largest absolute Gasteiger partial charge is 0.378 e. The summed E-state index contributed by atoms with van der Waals surface area (Å²) in [5.41, 5.74) is 1.23. The van der Waals surface area contributed by atoms with Crippen molar-refractivity contribution in [1.82, 2.24) is 0 Å². The zero-order valence-electron chi connectivity index (χ0n) is 23.2. The van der Waals surface area contributed by atoms with Crippen LogP contribution < -0.4 is 4.90 Å². The molecule has 6 rings (SSSR count). The van der Waals surface area contributed by atoms with Crippen molar-refractivity contribution in [3.05, 3.63) is 35.9 Å². The van der Waals surface area contributed by atoms with Crippen LogP contribution in [0.3, 0.4) is 0 Å². The highest BCUT2D eigenvalue weighted by molar-refractivity contribution is 5.81. The van der Waals surface area contributed by atoms with Crippen LogP contribution >= 0.6 is 0 Å². The van der Waals surface area contributed by atoms with Crippen LogP contribution in [0.2, 0.25) is 0 Å². The molecule has 1 heterocycles. The van der Waals surface area contributed by atoms with Crippen LogP contribution in [-0.2, 0) is 20.7 Å². The average molecular weight is 509 g/mol. The number of nitrogens with one attached hydrogen (secondary N) is 1. The third kappa shape index (κ3) is 4.96. The Bertz CT molecular complexity index is 915. The highest BCUT2D eigenvalue weighted by Gasteiger charge is 2.73. The number of carbonyl (C=O) groups is 1. The van der Waals surface area contributed by atoms with Crippen molar-refractivity contribution in [2.75, 3.05) is 26.3 Å². The van der Waals surface area contributed by atoms with Crippen molar-refractivity contribution in [3.63, 3.8) is 0 Å². The van der Waals surface area contributed by atoms with E-state index in [1.807, 2.05) is 4.90 Å². The number of ketones is 1. The number of likely N-dealkylation sites (tertiary alicyclic amines) is 1. The number of fused-ring (bicyclic) bond motifs is 1. The second-order valence-electron chi connectivity index (χ2n) is 13.3. The molecule has 1 aromatic rings. The molecular weight excluding hydrogens is 458 g/mol. The van der Waals surface area contributed by atoms with E-state index in [1.54, 1.807) is 0 Å². The molecule has 5 aliphatic rings. The normalized spacial score (nSPS) is 39.2. The second kappa shape index (κ2) is 11.1. The first-order chi connectivity index (χ1) is 18.1. The molecule has 0 radical (unpaired) electrons. The fraction of sp³-hybridized carbons (Fsp3) is 0.788. The van der Waals surface area contributed by atoms with Gasteiger partial charge in [-0.3, -0.25) is 4.79 Å². The minimum absolute atomic E-state index is 0.0208. The topological polar surface area (TPSA) is 40.0 Å². The number of piperidine rings is 1. The number of unbranched alkanes of at least 4 members (excludes halogenated alkanes) is 1. The van der Waals surface area contributed by atoms with Crippen molar-refractivity contribution in [2.24, 2.45) is 23.2 Å². The Kier molecular flexibility index (Phi) is 7.80. The minimum Gasteiger partial charge on any atom is -0.378 e. The quantitative estimate of drug-likeness (QED) is 0.419. The van der Waals surface area contributed by atoms with Crippen LogP contribution in [0.15, 0.2) is 30.3 Å². The molecule has 5 fully saturated rings. The maximum Gasteiger partial charge on any atom is 0.133 e. The predicted octanol–water partition coefficient (Wildman–Crippen LogP) is 5.19. The average Bonchev–Trinajstić information content (AvgIpc) is 3.73. The molecule has 4 heteroatoms. The molecule has 7 atom stereocenters. The van der Waals surface area contributed by atoms with E-state index >= 15 is 0 Å². The number of benzene rings is 1. The van der Waals surface area contributed by atoms with Crippen molar-refractivity contribution >= 4 is 5.78 Å². The van der Waals surface area contributed by atoms with E-state index in [-0.39, 0.29) is 11.0 Å². The van der Waals surface area contributed by atoms with Gasteiger partial charge in [0.15, 0.2) is 0 Å². The predicted molar refractivity (Wildman–Crippen MR) is 147 cm³/mol. The Morgan fingerprint density at radius 3 is 2.70 bits per heavy atom. The van der Waals surface area contributed by atoms with Gasteiger partial charge < -0.3 is 14.4 Å². The third-order valence-corrected chi connectivity index (χ3v) is 11.1. The number of quaternary nitrogens is 1. The molecule has 0 spiro atoms. The lowest BCUT2D eigenvalue weighted by Crippen LogP contribution is -3.21. The smallest absolute Gasteiger partial charge is 0.133 e. The lowest BCUT2D eigenvalue weighted by Gasteiger charge is -2.69. The van der Waals surface area contributed by atoms with Gasteiger partial charge in [0.1, 0.15) is 17.4 Å². The van der Waals surface area contributed by atoms with Crippen molar-refractivity contribution in [1.29, 1.82) is 0 Å². The van der Waals surface area contributed by atoms with Gasteiger partial charge in [0.25, 0.3) is 0 Å². The van der Waals surface area contributed by atoms with E-state index in [0.29, 0.717) is 36.2 Å². The summed E-state index contributed by atoms with van der Waals surface area (Å²) in [5, 5.41) is 0. The number of hydrogen-bond donors (Lipinski definition) is 1. The summed E-state index contributed by atoms with van der Waals surface area (Å²) in [6, 6.07) is 11.4. The number of Topliss-reactive ketones (excluding diaryl/α,β-unsaturated/α-hetero) is 1. The zero-order valence-corrected chi connectivity index (χ0v) is 23.2. The summed E-state index contributed by atoms with van der Waals surface area (Å²) >= 11 is 0. The zero-order chi connectivity index (χ0) is 25.3. The standard InChI is InChI=1S/C33H49NO3/c1-2-3-20-36-29-13-7-12-27-22-30-33(37-21-8-11-25-9-5-4-6-10-25)17-16-28(35)23-32(33,31(27)29)18-19-34(30)24-26-14-15-26/h4-6,9-10,26-27,29-31H,2-3,7-8,11-24H2,1H3/p+1/t27?,29?,30?,31?,32-,33-/m1/s1. The maximum atomic E-state index is 13.3. The van der Waals surface area contributed by atoms with E-state index in [0.717, 1.165) is 57.7 Å². The van der Waals surface area contributed by atoms with E-state index in [4.69, 9.17) is 9.47 Å². The maximum absolute atomic E-state index is 13.3. The molecule has 204 valence electrons.